The van der Waals surface area contributed by atoms with Crippen molar-refractivity contribution in [2.75, 3.05) is 12.3 Å². The molecular formula is C27H37NO4S. The summed E-state index contributed by atoms with van der Waals surface area (Å²) in [6.45, 7) is 11.7. The van der Waals surface area contributed by atoms with E-state index in [0.717, 1.165) is 30.3 Å². The number of nitrogens with one attached hydrogen (secondary N) is 1. The Bertz CT molecular complexity index is 1080. The number of ketones is 1. The van der Waals surface area contributed by atoms with E-state index in [1.165, 1.54) is 36.9 Å². The molecule has 1 aromatic carbocycles. The minimum atomic E-state index is -4.33. The Hall–Kier alpha value is -1.50. The van der Waals surface area contributed by atoms with E-state index in [0.29, 0.717) is 12.8 Å². The summed E-state index contributed by atoms with van der Waals surface area (Å²) in [5, 5.41) is 0. The molecule has 3 saturated heterocycles. The maximum atomic E-state index is 11.8. The molecule has 2 saturated carbocycles. The molecule has 0 radical (unpaired) electrons. The summed E-state index contributed by atoms with van der Waals surface area (Å²) in [5.74, 6) is 1.24. The van der Waals surface area contributed by atoms with Gasteiger partial charge in [0.2, 0.25) is 0 Å². The summed E-state index contributed by atoms with van der Waals surface area (Å²) in [6.07, 6.45) is 6.15. The lowest BCUT2D eigenvalue weighted by Gasteiger charge is -2.37. The minimum absolute atomic E-state index is 0.0248. The second kappa shape index (κ2) is 7.76. The fourth-order valence-electron chi connectivity index (χ4n) is 8.26. The lowest BCUT2D eigenvalue weighted by molar-refractivity contribution is -0.928. The number of Topliss-reactive ketones (excluding diaryl/α,β-unsaturated/α-hetero) is 1. The summed E-state index contributed by atoms with van der Waals surface area (Å²) in [6, 6.07) is 11.1. The molecule has 7 atom stereocenters. The number of carbonyl (C=O) groups excluding carboxylic acids is 1. The molecule has 5 fully saturated rings. The highest BCUT2D eigenvalue weighted by molar-refractivity contribution is 7.85. The van der Waals surface area contributed by atoms with Crippen molar-refractivity contribution < 1.29 is 22.7 Å². The number of fused-ring (bicyclic) bond motifs is 2. The van der Waals surface area contributed by atoms with Crippen LogP contribution in [0.5, 0.6) is 0 Å². The third-order valence-corrected chi connectivity index (χ3v) is 11.0. The molecule has 6 rings (SSSR count). The van der Waals surface area contributed by atoms with Crippen LogP contribution in [-0.2, 0) is 14.9 Å². The highest BCUT2D eigenvalue weighted by atomic mass is 32.2. The van der Waals surface area contributed by atoms with Crippen LogP contribution in [0.15, 0.2) is 36.4 Å². The van der Waals surface area contributed by atoms with Crippen molar-refractivity contribution in [3.05, 3.63) is 47.5 Å². The summed E-state index contributed by atoms with van der Waals surface area (Å²) < 4.78 is 32.7. The average molecular weight is 472 g/mol. The number of rotatable bonds is 3. The van der Waals surface area contributed by atoms with Gasteiger partial charge in [-0.15, -0.1) is 0 Å². The molecular weight excluding hydrogens is 434 g/mol. The Morgan fingerprint density at radius 1 is 1.15 bits per heavy atom. The van der Waals surface area contributed by atoms with E-state index in [1.54, 1.807) is 5.56 Å². The quantitative estimate of drug-likeness (QED) is 0.543. The van der Waals surface area contributed by atoms with Crippen LogP contribution in [0, 0.1) is 29.6 Å². The van der Waals surface area contributed by atoms with E-state index in [-0.39, 0.29) is 17.1 Å². The van der Waals surface area contributed by atoms with E-state index in [1.807, 2.05) is 18.7 Å². The zero-order valence-corrected chi connectivity index (χ0v) is 20.9. The van der Waals surface area contributed by atoms with Crippen molar-refractivity contribution in [1.82, 2.24) is 0 Å². The fourth-order valence-corrected chi connectivity index (χ4v) is 9.54. The van der Waals surface area contributed by atoms with Gasteiger partial charge in [-0.2, -0.15) is 0 Å². The normalized spacial score (nSPS) is 40.1. The number of benzene rings is 1. The predicted molar refractivity (Wildman–Crippen MR) is 127 cm³/mol. The summed E-state index contributed by atoms with van der Waals surface area (Å²) >= 11 is 0. The predicted octanol–water partition coefficient (Wildman–Crippen LogP) is 3.01. The van der Waals surface area contributed by atoms with Gasteiger partial charge in [-0.3, -0.25) is 4.79 Å². The topological polar surface area (TPSA) is 78.7 Å². The Balaban J connectivity index is 0.000000141. The van der Waals surface area contributed by atoms with Gasteiger partial charge in [-0.1, -0.05) is 50.3 Å². The SMILES string of the molecule is C=C1C[NH+]2[C@H]3CC[C@@H]2[C@@H]1[C@@H](c1ccc(C)cc1)C3.CC1(C)[C@@H]2CC[C@@]1(CS(=O)(=O)[O-])C(=O)C2. The first-order valence-corrected chi connectivity index (χ1v) is 14.1. The molecule has 2 aliphatic carbocycles. The number of hydrogen-bond donors (Lipinski definition) is 1. The summed E-state index contributed by atoms with van der Waals surface area (Å²) in [4.78, 5) is 13.7. The highest BCUT2D eigenvalue weighted by Crippen LogP contribution is 2.64. The van der Waals surface area contributed by atoms with Crippen LogP contribution in [0.3, 0.4) is 0 Å². The molecule has 0 spiro atoms. The van der Waals surface area contributed by atoms with Crippen molar-refractivity contribution in [2.45, 2.75) is 77.3 Å². The lowest BCUT2D eigenvalue weighted by atomic mass is 9.70. The molecule has 6 bridgehead atoms. The van der Waals surface area contributed by atoms with Gasteiger partial charge in [-0.25, -0.2) is 8.42 Å². The molecule has 0 amide bonds. The first-order chi connectivity index (χ1) is 15.4. The van der Waals surface area contributed by atoms with Crippen LogP contribution in [0.4, 0.5) is 0 Å². The van der Waals surface area contributed by atoms with Gasteiger partial charge in [0.1, 0.15) is 5.78 Å². The Morgan fingerprint density at radius 3 is 2.42 bits per heavy atom. The number of quaternary nitrogens is 1. The highest BCUT2D eigenvalue weighted by Gasteiger charge is 2.64. The number of piperidine rings is 1. The van der Waals surface area contributed by atoms with Crippen molar-refractivity contribution >= 4 is 15.9 Å². The van der Waals surface area contributed by atoms with Crippen molar-refractivity contribution in [2.24, 2.45) is 22.7 Å². The lowest BCUT2D eigenvalue weighted by Crippen LogP contribution is -3.16. The van der Waals surface area contributed by atoms with E-state index in [9.17, 15) is 17.8 Å². The van der Waals surface area contributed by atoms with Gasteiger partial charge in [0.05, 0.1) is 34.5 Å². The van der Waals surface area contributed by atoms with Crippen molar-refractivity contribution in [1.29, 1.82) is 0 Å². The molecule has 1 unspecified atom stereocenters. The summed E-state index contributed by atoms with van der Waals surface area (Å²) in [7, 11) is -4.33. The Kier molecular flexibility index (Phi) is 5.46. The number of carbonyl (C=O) groups is 1. The maximum absolute atomic E-state index is 11.8. The van der Waals surface area contributed by atoms with Crippen molar-refractivity contribution in [3.8, 4) is 0 Å². The van der Waals surface area contributed by atoms with Gasteiger partial charge >= 0.3 is 0 Å². The third kappa shape index (κ3) is 3.64. The van der Waals surface area contributed by atoms with Gasteiger partial charge < -0.3 is 9.45 Å². The van der Waals surface area contributed by atoms with Crippen LogP contribution in [-0.4, -0.2) is 43.1 Å². The molecule has 1 N–H and O–H groups in total. The molecule has 6 heteroatoms. The number of aryl methyl sites for hydroxylation is 1. The van der Waals surface area contributed by atoms with Crippen LogP contribution in [0.1, 0.15) is 69.4 Å². The largest absolute Gasteiger partial charge is 0.748 e. The molecule has 5 nitrogen and oxygen atoms in total. The Morgan fingerprint density at radius 2 is 1.85 bits per heavy atom. The molecule has 33 heavy (non-hydrogen) atoms. The molecule has 180 valence electrons. The van der Waals surface area contributed by atoms with Crippen LogP contribution in [0.25, 0.3) is 0 Å². The average Bonchev–Trinajstić information content (AvgIpc) is 3.28. The zero-order valence-electron chi connectivity index (χ0n) is 20.1. The zero-order chi connectivity index (χ0) is 23.8. The Labute approximate surface area is 198 Å². The molecule has 1 aromatic rings. The first-order valence-electron chi connectivity index (χ1n) is 12.5. The standard InChI is InChI=1S/C17H21N.C10H16O4S/c1-11-3-5-13(6-4-11)15-9-14-7-8-16-17(15)12(2)10-18(14)16;1-9(2)7-3-4-10(9,8(11)5-7)6-15(12,13)14/h3-6,14-17H,2,7-10H2,1H3;7H,3-6H2,1-2H3,(H,12,13,14)/t14-,15+,16+,17-;7-,10-/m01/s1. The molecule has 0 aromatic heterocycles. The van der Waals surface area contributed by atoms with Crippen molar-refractivity contribution in [3.63, 3.8) is 0 Å². The summed E-state index contributed by atoms with van der Waals surface area (Å²) in [5.41, 5.74) is 3.24. The van der Waals surface area contributed by atoms with Crippen LogP contribution < -0.4 is 4.90 Å². The molecule has 3 aliphatic heterocycles. The minimum Gasteiger partial charge on any atom is -0.748 e. The maximum Gasteiger partial charge on any atom is 0.140 e. The second-order valence-corrected chi connectivity index (χ2v) is 13.3. The van der Waals surface area contributed by atoms with Gasteiger partial charge in [0.25, 0.3) is 0 Å². The van der Waals surface area contributed by atoms with Crippen LogP contribution in [0.2, 0.25) is 0 Å². The van der Waals surface area contributed by atoms with E-state index < -0.39 is 21.3 Å². The van der Waals surface area contributed by atoms with Gasteiger partial charge in [0.15, 0.2) is 0 Å². The van der Waals surface area contributed by atoms with E-state index in [2.05, 4.69) is 37.8 Å². The van der Waals surface area contributed by atoms with E-state index >= 15 is 0 Å². The first kappa shape index (κ1) is 23.3. The van der Waals surface area contributed by atoms with Crippen LogP contribution >= 0.6 is 0 Å². The van der Waals surface area contributed by atoms with Gasteiger partial charge in [0, 0.05) is 42.9 Å². The second-order valence-electron chi connectivity index (χ2n) is 11.9. The molecule has 5 aliphatic rings. The van der Waals surface area contributed by atoms with Gasteiger partial charge in [-0.05, 0) is 42.2 Å². The van der Waals surface area contributed by atoms with E-state index in [4.69, 9.17) is 0 Å². The third-order valence-electron chi connectivity index (χ3n) is 10.2. The monoisotopic (exact) mass is 471 g/mol. The fraction of sp³-hybridized carbons (Fsp3) is 0.667. The smallest absolute Gasteiger partial charge is 0.140 e. The molecule has 3 heterocycles. The number of hydrogen-bond acceptors (Lipinski definition) is 4.